The molecule has 0 spiro atoms. The van der Waals surface area contributed by atoms with Crippen molar-refractivity contribution >= 4 is 5.97 Å². The lowest BCUT2D eigenvalue weighted by Gasteiger charge is -2.20. The Labute approximate surface area is 118 Å². The SMILES string of the molecule is COCc1c(C(N)CCC(=O)O)ccc(OC)c1OC. The Hall–Kier alpha value is -1.79. The summed E-state index contributed by atoms with van der Waals surface area (Å²) in [6.45, 7) is 0.316. The van der Waals surface area contributed by atoms with Crippen molar-refractivity contribution in [2.24, 2.45) is 5.73 Å². The molecule has 1 aromatic carbocycles. The Bertz CT molecular complexity index is 461. The van der Waals surface area contributed by atoms with Crippen molar-refractivity contribution in [2.75, 3.05) is 21.3 Å². The number of hydrogen-bond donors (Lipinski definition) is 2. The first-order chi connectivity index (χ1) is 9.54. The van der Waals surface area contributed by atoms with Crippen LogP contribution in [0.2, 0.25) is 0 Å². The van der Waals surface area contributed by atoms with Crippen LogP contribution in [0.5, 0.6) is 11.5 Å². The molecule has 0 aromatic heterocycles. The van der Waals surface area contributed by atoms with Crippen molar-refractivity contribution in [3.8, 4) is 11.5 Å². The standard InChI is InChI=1S/C14H21NO5/c1-18-8-10-9(11(15)5-7-13(16)17)4-6-12(19-2)14(10)20-3/h4,6,11H,5,7-8,15H2,1-3H3,(H,16,17). The molecule has 6 nitrogen and oxygen atoms in total. The molecular weight excluding hydrogens is 262 g/mol. The Balaban J connectivity index is 3.13. The number of ether oxygens (including phenoxy) is 3. The van der Waals surface area contributed by atoms with Crippen molar-refractivity contribution in [3.63, 3.8) is 0 Å². The zero-order chi connectivity index (χ0) is 15.1. The molecule has 0 amide bonds. The molecule has 1 unspecified atom stereocenters. The molecule has 0 aliphatic heterocycles. The quantitative estimate of drug-likeness (QED) is 0.754. The van der Waals surface area contributed by atoms with Crippen LogP contribution in [-0.4, -0.2) is 32.4 Å². The molecule has 0 aliphatic carbocycles. The van der Waals surface area contributed by atoms with E-state index in [0.29, 0.717) is 24.5 Å². The van der Waals surface area contributed by atoms with Crippen LogP contribution in [0.1, 0.15) is 30.0 Å². The van der Waals surface area contributed by atoms with E-state index in [1.54, 1.807) is 27.4 Å². The zero-order valence-corrected chi connectivity index (χ0v) is 12.0. The molecule has 1 rings (SSSR count). The average molecular weight is 283 g/mol. The number of carbonyl (C=O) groups is 1. The maximum atomic E-state index is 10.6. The summed E-state index contributed by atoms with van der Waals surface area (Å²) in [6, 6.07) is 3.19. The van der Waals surface area contributed by atoms with Crippen molar-refractivity contribution in [2.45, 2.75) is 25.5 Å². The summed E-state index contributed by atoms with van der Waals surface area (Å²) in [5, 5.41) is 8.74. The summed E-state index contributed by atoms with van der Waals surface area (Å²) in [5.41, 5.74) is 7.67. The van der Waals surface area contributed by atoms with Gasteiger partial charge in [-0.2, -0.15) is 0 Å². The van der Waals surface area contributed by atoms with Crippen LogP contribution in [0.3, 0.4) is 0 Å². The minimum atomic E-state index is -0.866. The number of methoxy groups -OCH3 is 3. The van der Waals surface area contributed by atoms with Crippen LogP contribution >= 0.6 is 0 Å². The lowest BCUT2D eigenvalue weighted by Crippen LogP contribution is -2.15. The van der Waals surface area contributed by atoms with Gasteiger partial charge in [0.25, 0.3) is 0 Å². The van der Waals surface area contributed by atoms with Gasteiger partial charge in [-0.05, 0) is 18.1 Å². The van der Waals surface area contributed by atoms with E-state index in [0.717, 1.165) is 11.1 Å². The van der Waals surface area contributed by atoms with Crippen LogP contribution in [0.15, 0.2) is 12.1 Å². The second kappa shape index (κ2) is 7.72. The zero-order valence-electron chi connectivity index (χ0n) is 12.0. The highest BCUT2D eigenvalue weighted by atomic mass is 16.5. The van der Waals surface area contributed by atoms with Gasteiger partial charge in [0.15, 0.2) is 11.5 Å². The molecule has 1 aromatic rings. The Morgan fingerprint density at radius 1 is 1.30 bits per heavy atom. The van der Waals surface area contributed by atoms with E-state index in [2.05, 4.69) is 0 Å². The van der Waals surface area contributed by atoms with Crippen molar-refractivity contribution in [1.29, 1.82) is 0 Å². The number of hydrogen-bond acceptors (Lipinski definition) is 5. The monoisotopic (exact) mass is 283 g/mol. The maximum Gasteiger partial charge on any atom is 0.303 e. The fourth-order valence-electron chi connectivity index (χ4n) is 2.08. The van der Waals surface area contributed by atoms with Crippen LogP contribution in [0.25, 0.3) is 0 Å². The summed E-state index contributed by atoms with van der Waals surface area (Å²) in [4.78, 5) is 10.6. The fourth-order valence-corrected chi connectivity index (χ4v) is 2.08. The molecule has 0 heterocycles. The van der Waals surface area contributed by atoms with E-state index in [1.165, 1.54) is 0 Å². The summed E-state index contributed by atoms with van der Waals surface area (Å²) >= 11 is 0. The third kappa shape index (κ3) is 3.85. The first-order valence-electron chi connectivity index (χ1n) is 6.25. The second-order valence-electron chi connectivity index (χ2n) is 4.34. The van der Waals surface area contributed by atoms with Gasteiger partial charge in [0.1, 0.15) is 0 Å². The predicted octanol–water partition coefficient (Wildman–Crippen LogP) is 1.71. The smallest absolute Gasteiger partial charge is 0.303 e. The van der Waals surface area contributed by atoms with Crippen molar-refractivity contribution < 1.29 is 24.1 Å². The predicted molar refractivity (Wildman–Crippen MR) is 74.1 cm³/mol. The van der Waals surface area contributed by atoms with Crippen molar-refractivity contribution in [3.05, 3.63) is 23.3 Å². The third-order valence-electron chi connectivity index (χ3n) is 3.04. The molecular formula is C14H21NO5. The molecule has 6 heteroatoms. The number of nitrogens with two attached hydrogens (primary N) is 1. The molecule has 0 bridgehead atoms. The molecule has 0 saturated heterocycles. The topological polar surface area (TPSA) is 91.0 Å². The Morgan fingerprint density at radius 2 is 2.00 bits per heavy atom. The van der Waals surface area contributed by atoms with Crippen LogP contribution in [0, 0.1) is 0 Å². The number of carboxylic acid groups (broad SMARTS) is 1. The van der Waals surface area contributed by atoms with Crippen LogP contribution in [-0.2, 0) is 16.1 Å². The van der Waals surface area contributed by atoms with E-state index in [4.69, 9.17) is 25.1 Å². The molecule has 3 N–H and O–H groups in total. The van der Waals surface area contributed by atoms with Gasteiger partial charge in [0.2, 0.25) is 0 Å². The van der Waals surface area contributed by atoms with E-state index in [1.807, 2.05) is 6.07 Å². The van der Waals surface area contributed by atoms with E-state index >= 15 is 0 Å². The normalized spacial score (nSPS) is 12.0. The molecule has 1 atom stereocenters. The minimum Gasteiger partial charge on any atom is -0.493 e. The van der Waals surface area contributed by atoms with Gasteiger partial charge in [-0.15, -0.1) is 0 Å². The third-order valence-corrected chi connectivity index (χ3v) is 3.04. The highest BCUT2D eigenvalue weighted by Gasteiger charge is 2.19. The molecule has 112 valence electrons. The summed E-state index contributed by atoms with van der Waals surface area (Å²) in [5.74, 6) is 0.292. The molecule has 0 fully saturated rings. The van der Waals surface area contributed by atoms with Gasteiger partial charge in [-0.25, -0.2) is 0 Å². The molecule has 0 saturated carbocycles. The summed E-state index contributed by atoms with van der Waals surface area (Å²) < 4.78 is 15.8. The first kappa shape index (κ1) is 16.3. The van der Waals surface area contributed by atoms with Gasteiger partial charge in [0.05, 0.1) is 20.8 Å². The van der Waals surface area contributed by atoms with Gasteiger partial charge >= 0.3 is 5.97 Å². The van der Waals surface area contributed by atoms with Crippen LogP contribution in [0.4, 0.5) is 0 Å². The lowest BCUT2D eigenvalue weighted by molar-refractivity contribution is -0.137. The average Bonchev–Trinajstić information content (AvgIpc) is 2.44. The van der Waals surface area contributed by atoms with E-state index < -0.39 is 12.0 Å². The fraction of sp³-hybridized carbons (Fsp3) is 0.500. The molecule has 0 radical (unpaired) electrons. The summed E-state index contributed by atoms with van der Waals surface area (Å²) in [7, 11) is 4.67. The highest BCUT2D eigenvalue weighted by molar-refractivity contribution is 5.66. The number of rotatable bonds is 8. The lowest BCUT2D eigenvalue weighted by atomic mass is 9.96. The van der Waals surface area contributed by atoms with Gasteiger partial charge in [0, 0.05) is 25.1 Å². The first-order valence-corrected chi connectivity index (χ1v) is 6.25. The summed E-state index contributed by atoms with van der Waals surface area (Å²) in [6.07, 6.45) is 0.365. The highest BCUT2D eigenvalue weighted by Crippen LogP contribution is 2.36. The molecule has 20 heavy (non-hydrogen) atoms. The number of aliphatic carboxylic acids is 1. The molecule has 0 aliphatic rings. The number of benzene rings is 1. The van der Waals surface area contributed by atoms with Crippen LogP contribution < -0.4 is 15.2 Å². The van der Waals surface area contributed by atoms with Crippen molar-refractivity contribution in [1.82, 2.24) is 0 Å². The maximum absolute atomic E-state index is 10.6. The second-order valence-corrected chi connectivity index (χ2v) is 4.34. The Morgan fingerprint density at radius 3 is 2.50 bits per heavy atom. The largest absolute Gasteiger partial charge is 0.493 e. The van der Waals surface area contributed by atoms with Gasteiger partial charge in [-0.3, -0.25) is 4.79 Å². The van der Waals surface area contributed by atoms with Gasteiger partial charge < -0.3 is 25.1 Å². The number of carboxylic acids is 1. The van der Waals surface area contributed by atoms with E-state index in [9.17, 15) is 4.79 Å². The Kier molecular flexibility index (Phi) is 6.27. The van der Waals surface area contributed by atoms with E-state index in [-0.39, 0.29) is 6.42 Å². The minimum absolute atomic E-state index is 0.0158. The van der Waals surface area contributed by atoms with Gasteiger partial charge in [-0.1, -0.05) is 6.07 Å².